The molecule has 0 radical (unpaired) electrons. The summed E-state index contributed by atoms with van der Waals surface area (Å²) >= 11 is 0. The SMILES string of the molecule is O=C(Oc1ccc([N+](=O)[O-])cc1)O[C@@H]1CC/C=C/CCC1. The molecular formula is C15H17NO5. The number of nitro benzene ring substituents is 1. The highest BCUT2D eigenvalue weighted by Gasteiger charge is 2.16. The van der Waals surface area contributed by atoms with E-state index in [2.05, 4.69) is 12.2 Å². The predicted molar refractivity (Wildman–Crippen MR) is 76.2 cm³/mol. The Kier molecular flexibility index (Phi) is 5.31. The van der Waals surface area contributed by atoms with Crippen molar-refractivity contribution in [1.82, 2.24) is 0 Å². The summed E-state index contributed by atoms with van der Waals surface area (Å²) < 4.78 is 10.3. The summed E-state index contributed by atoms with van der Waals surface area (Å²) in [6, 6.07) is 5.31. The number of carbonyl (C=O) groups excluding carboxylic acids is 1. The molecule has 0 heterocycles. The Balaban J connectivity index is 1.85. The van der Waals surface area contributed by atoms with E-state index in [0.29, 0.717) is 0 Å². The van der Waals surface area contributed by atoms with Crippen molar-refractivity contribution in [3.63, 3.8) is 0 Å². The predicted octanol–water partition coefficient (Wildman–Crippen LogP) is 4.00. The van der Waals surface area contributed by atoms with E-state index in [1.54, 1.807) is 0 Å². The van der Waals surface area contributed by atoms with Gasteiger partial charge in [0.2, 0.25) is 0 Å². The van der Waals surface area contributed by atoms with E-state index in [0.717, 1.165) is 32.1 Å². The minimum Gasteiger partial charge on any atom is -0.431 e. The lowest BCUT2D eigenvalue weighted by Crippen LogP contribution is -2.21. The second-order valence-corrected chi connectivity index (χ2v) is 4.82. The second-order valence-electron chi connectivity index (χ2n) is 4.82. The third-order valence-corrected chi connectivity index (χ3v) is 3.23. The molecule has 0 saturated carbocycles. The van der Waals surface area contributed by atoms with Crippen LogP contribution in [0.5, 0.6) is 5.75 Å². The van der Waals surface area contributed by atoms with Crippen LogP contribution in [0.1, 0.15) is 32.1 Å². The first-order valence-corrected chi connectivity index (χ1v) is 6.93. The lowest BCUT2D eigenvalue weighted by Gasteiger charge is -2.17. The molecule has 1 aromatic rings. The lowest BCUT2D eigenvalue weighted by atomic mass is 10.0. The number of ether oxygens (including phenoxy) is 2. The molecule has 112 valence electrons. The molecular weight excluding hydrogens is 274 g/mol. The number of hydrogen-bond acceptors (Lipinski definition) is 5. The summed E-state index contributed by atoms with van der Waals surface area (Å²) in [4.78, 5) is 21.7. The summed E-state index contributed by atoms with van der Waals surface area (Å²) in [6.07, 6.45) is 7.80. The highest BCUT2D eigenvalue weighted by Crippen LogP contribution is 2.20. The first-order chi connectivity index (χ1) is 10.1. The minimum atomic E-state index is -0.765. The minimum absolute atomic E-state index is 0.0532. The molecule has 6 nitrogen and oxygen atoms in total. The van der Waals surface area contributed by atoms with E-state index in [1.807, 2.05) is 0 Å². The number of nitrogens with zero attached hydrogens (tertiary/aromatic N) is 1. The van der Waals surface area contributed by atoms with Gasteiger partial charge in [-0.05, 0) is 44.2 Å². The van der Waals surface area contributed by atoms with E-state index >= 15 is 0 Å². The Morgan fingerprint density at radius 2 is 1.86 bits per heavy atom. The van der Waals surface area contributed by atoms with E-state index < -0.39 is 11.1 Å². The standard InChI is InChI=1S/C15H17NO5/c17-15(20-13-6-4-2-1-3-5-7-13)21-14-10-8-12(9-11-14)16(18)19/h1-2,8-11,13H,3-7H2/b2-1+/t13-/m1/s1. The second kappa shape index (κ2) is 7.42. The van der Waals surface area contributed by atoms with Crippen molar-refractivity contribution in [2.45, 2.75) is 38.2 Å². The fourth-order valence-corrected chi connectivity index (χ4v) is 2.14. The van der Waals surface area contributed by atoms with Gasteiger partial charge in [0.15, 0.2) is 0 Å². The molecule has 0 aliphatic heterocycles. The van der Waals surface area contributed by atoms with Crippen LogP contribution in [0.2, 0.25) is 0 Å². The van der Waals surface area contributed by atoms with Crippen molar-refractivity contribution in [3.05, 3.63) is 46.5 Å². The molecule has 1 aromatic carbocycles. The third kappa shape index (κ3) is 4.91. The molecule has 0 fully saturated rings. The molecule has 1 aliphatic rings. The largest absolute Gasteiger partial charge is 0.514 e. The molecule has 0 bridgehead atoms. The zero-order valence-corrected chi connectivity index (χ0v) is 11.6. The molecule has 21 heavy (non-hydrogen) atoms. The molecule has 0 spiro atoms. The summed E-state index contributed by atoms with van der Waals surface area (Å²) in [6.45, 7) is 0. The number of carbonyl (C=O) groups is 1. The quantitative estimate of drug-likeness (QED) is 0.276. The average Bonchev–Trinajstić information content (AvgIpc) is 2.42. The maximum absolute atomic E-state index is 11.7. The van der Waals surface area contributed by atoms with Crippen LogP contribution in [0, 0.1) is 10.1 Å². The van der Waals surface area contributed by atoms with Crippen molar-refractivity contribution in [3.8, 4) is 5.75 Å². The van der Waals surface area contributed by atoms with Gasteiger partial charge in [0.05, 0.1) is 4.92 Å². The van der Waals surface area contributed by atoms with Crippen LogP contribution in [0.3, 0.4) is 0 Å². The number of rotatable bonds is 3. The fraction of sp³-hybridized carbons (Fsp3) is 0.400. The number of non-ortho nitro benzene ring substituents is 1. The smallest absolute Gasteiger partial charge is 0.431 e. The summed E-state index contributed by atoms with van der Waals surface area (Å²) in [5, 5.41) is 10.5. The lowest BCUT2D eigenvalue weighted by molar-refractivity contribution is -0.384. The summed E-state index contributed by atoms with van der Waals surface area (Å²) in [5.74, 6) is 0.233. The van der Waals surface area contributed by atoms with E-state index in [4.69, 9.17) is 9.47 Å². The Morgan fingerprint density at radius 3 is 2.57 bits per heavy atom. The van der Waals surface area contributed by atoms with Gasteiger partial charge in [-0.2, -0.15) is 0 Å². The highest BCUT2D eigenvalue weighted by atomic mass is 16.7. The number of allylic oxidation sites excluding steroid dienone is 2. The maximum atomic E-state index is 11.7. The molecule has 1 aliphatic carbocycles. The van der Waals surface area contributed by atoms with Gasteiger partial charge in [0.25, 0.3) is 5.69 Å². The maximum Gasteiger partial charge on any atom is 0.514 e. The van der Waals surface area contributed by atoms with Gasteiger partial charge in [-0.1, -0.05) is 12.2 Å². The van der Waals surface area contributed by atoms with Gasteiger partial charge < -0.3 is 9.47 Å². The average molecular weight is 291 g/mol. The van der Waals surface area contributed by atoms with Gasteiger partial charge in [-0.25, -0.2) is 4.79 Å². The van der Waals surface area contributed by atoms with Crippen LogP contribution < -0.4 is 4.74 Å². The molecule has 0 unspecified atom stereocenters. The third-order valence-electron chi connectivity index (χ3n) is 3.23. The number of benzene rings is 1. The van der Waals surface area contributed by atoms with Crippen LogP contribution in [0.4, 0.5) is 10.5 Å². The van der Waals surface area contributed by atoms with Crippen LogP contribution in [-0.2, 0) is 4.74 Å². The molecule has 6 heteroatoms. The zero-order chi connectivity index (χ0) is 15.1. The summed E-state index contributed by atoms with van der Waals surface area (Å²) in [7, 11) is 0. The van der Waals surface area contributed by atoms with E-state index in [9.17, 15) is 14.9 Å². The first kappa shape index (κ1) is 15.0. The van der Waals surface area contributed by atoms with Crippen molar-refractivity contribution >= 4 is 11.8 Å². The molecule has 0 N–H and O–H groups in total. The monoisotopic (exact) mass is 291 g/mol. The van der Waals surface area contributed by atoms with Gasteiger partial charge >= 0.3 is 6.16 Å². The van der Waals surface area contributed by atoms with Crippen molar-refractivity contribution in [2.24, 2.45) is 0 Å². The zero-order valence-electron chi connectivity index (χ0n) is 11.6. The van der Waals surface area contributed by atoms with E-state index in [1.165, 1.54) is 24.3 Å². The van der Waals surface area contributed by atoms with Gasteiger partial charge in [-0.3, -0.25) is 10.1 Å². The molecule has 2 rings (SSSR count). The van der Waals surface area contributed by atoms with Crippen molar-refractivity contribution < 1.29 is 19.2 Å². The van der Waals surface area contributed by atoms with Crippen LogP contribution in [-0.4, -0.2) is 17.2 Å². The van der Waals surface area contributed by atoms with Gasteiger partial charge in [0.1, 0.15) is 11.9 Å². The van der Waals surface area contributed by atoms with Crippen LogP contribution in [0.25, 0.3) is 0 Å². The normalized spacial score (nSPS) is 19.9. The molecule has 0 aromatic heterocycles. The molecule has 0 saturated heterocycles. The molecule has 1 atom stereocenters. The van der Waals surface area contributed by atoms with Crippen molar-refractivity contribution in [2.75, 3.05) is 0 Å². The Hall–Kier alpha value is -2.37. The summed E-state index contributed by atoms with van der Waals surface area (Å²) in [5.41, 5.74) is -0.0532. The topological polar surface area (TPSA) is 78.7 Å². The van der Waals surface area contributed by atoms with Gasteiger partial charge in [-0.15, -0.1) is 0 Å². The highest BCUT2D eigenvalue weighted by molar-refractivity contribution is 5.64. The Bertz CT molecular complexity index is 523. The van der Waals surface area contributed by atoms with Gasteiger partial charge in [0, 0.05) is 12.1 Å². The van der Waals surface area contributed by atoms with Crippen LogP contribution in [0.15, 0.2) is 36.4 Å². The van der Waals surface area contributed by atoms with Crippen LogP contribution >= 0.6 is 0 Å². The first-order valence-electron chi connectivity index (χ1n) is 6.93. The van der Waals surface area contributed by atoms with Crippen molar-refractivity contribution in [1.29, 1.82) is 0 Å². The number of hydrogen-bond donors (Lipinski definition) is 0. The Labute approximate surface area is 122 Å². The fourth-order valence-electron chi connectivity index (χ4n) is 2.14. The Morgan fingerprint density at radius 1 is 1.14 bits per heavy atom. The number of nitro groups is 1. The van der Waals surface area contributed by atoms with E-state index in [-0.39, 0.29) is 17.5 Å². The molecule has 0 amide bonds.